The monoisotopic (exact) mass is 436 g/mol. The minimum atomic E-state index is -0.205. The van der Waals surface area contributed by atoms with Crippen LogP contribution in [0.2, 0.25) is 0 Å². The Morgan fingerprint density at radius 1 is 1.03 bits per heavy atom. The van der Waals surface area contributed by atoms with Crippen LogP contribution in [0.25, 0.3) is 10.4 Å². The van der Waals surface area contributed by atoms with Crippen molar-refractivity contribution in [3.05, 3.63) is 42.0 Å². The molecule has 1 aliphatic heterocycles. The summed E-state index contributed by atoms with van der Waals surface area (Å²) in [6, 6.07) is 12.1. The van der Waals surface area contributed by atoms with Crippen LogP contribution in [-0.2, 0) is 9.53 Å². The van der Waals surface area contributed by atoms with Gasteiger partial charge in [0, 0.05) is 18.0 Å². The SMILES string of the molecule is O=C(c1cc(-c2ccccc2)sc1NC(=O)C12CC3CC(CC1C3)C2)N1CCOCC1. The molecule has 4 bridgehead atoms. The number of carbonyl (C=O) groups is 2. The number of amides is 2. The molecule has 2 heterocycles. The predicted molar refractivity (Wildman–Crippen MR) is 121 cm³/mol. The Kier molecular flexibility index (Phi) is 4.69. The summed E-state index contributed by atoms with van der Waals surface area (Å²) >= 11 is 1.52. The van der Waals surface area contributed by atoms with Gasteiger partial charge >= 0.3 is 0 Å². The van der Waals surface area contributed by atoms with E-state index < -0.39 is 0 Å². The zero-order valence-corrected chi connectivity index (χ0v) is 18.5. The van der Waals surface area contributed by atoms with E-state index in [1.165, 1.54) is 30.6 Å². The number of nitrogens with one attached hydrogen (secondary N) is 1. The molecule has 1 aromatic heterocycles. The van der Waals surface area contributed by atoms with Gasteiger partial charge in [0.05, 0.1) is 24.2 Å². The first-order valence-corrected chi connectivity index (χ1v) is 12.3. The van der Waals surface area contributed by atoms with Crippen molar-refractivity contribution < 1.29 is 14.3 Å². The summed E-state index contributed by atoms with van der Waals surface area (Å²) in [6.07, 6.45) is 5.79. The highest BCUT2D eigenvalue weighted by Gasteiger charge is 2.61. The van der Waals surface area contributed by atoms with E-state index in [0.717, 1.165) is 35.1 Å². The maximum atomic E-state index is 13.6. The maximum Gasteiger partial charge on any atom is 0.257 e. The molecule has 4 aliphatic carbocycles. The lowest BCUT2D eigenvalue weighted by Crippen LogP contribution is -2.41. The van der Waals surface area contributed by atoms with Crippen LogP contribution in [0, 0.1) is 23.2 Å². The lowest BCUT2D eigenvalue weighted by Gasteiger charge is -2.31. The van der Waals surface area contributed by atoms with E-state index in [2.05, 4.69) is 17.4 Å². The zero-order chi connectivity index (χ0) is 21.0. The number of carbonyl (C=O) groups excluding carboxylic acids is 2. The number of rotatable bonds is 4. The van der Waals surface area contributed by atoms with Crippen molar-refractivity contribution in [2.75, 3.05) is 31.6 Å². The Hall–Kier alpha value is -2.18. The van der Waals surface area contributed by atoms with Crippen LogP contribution in [0.5, 0.6) is 0 Å². The number of benzene rings is 1. The standard InChI is InChI=1S/C25H28N2O3S/c28-23(27-6-8-30-9-7-27)20-13-21(18-4-2-1-3-5-18)31-22(20)26-24(29)25-14-16-10-17(15-25)12-19(25)11-16/h1-5,13,16-17,19H,6-12,14-15H2,(H,26,29). The lowest BCUT2D eigenvalue weighted by atomic mass is 9.75. The normalized spacial score (nSPS) is 31.2. The number of morpholine rings is 1. The summed E-state index contributed by atoms with van der Waals surface area (Å²) in [4.78, 5) is 29.9. The van der Waals surface area contributed by atoms with Crippen molar-refractivity contribution >= 4 is 28.2 Å². The van der Waals surface area contributed by atoms with E-state index in [-0.39, 0.29) is 17.2 Å². The van der Waals surface area contributed by atoms with Gasteiger partial charge in [-0.25, -0.2) is 0 Å². The predicted octanol–water partition coefficient (Wildman–Crippen LogP) is 4.65. The zero-order valence-electron chi connectivity index (χ0n) is 17.6. The Morgan fingerprint density at radius 2 is 1.74 bits per heavy atom. The topological polar surface area (TPSA) is 58.6 Å². The number of nitrogens with zero attached hydrogens (tertiary/aromatic N) is 1. The van der Waals surface area contributed by atoms with Crippen LogP contribution in [-0.4, -0.2) is 43.0 Å². The van der Waals surface area contributed by atoms with E-state index in [1.807, 2.05) is 29.2 Å². The van der Waals surface area contributed by atoms with Gasteiger partial charge in [-0.2, -0.15) is 0 Å². The molecule has 5 aliphatic rings. The summed E-state index contributed by atoms with van der Waals surface area (Å²) < 4.78 is 5.42. The Labute approximate surface area is 186 Å². The summed E-state index contributed by atoms with van der Waals surface area (Å²) in [5.41, 5.74) is 1.49. The van der Waals surface area contributed by atoms with Gasteiger partial charge in [0.1, 0.15) is 5.00 Å². The van der Waals surface area contributed by atoms with Crippen molar-refractivity contribution in [1.29, 1.82) is 0 Å². The van der Waals surface area contributed by atoms with Crippen LogP contribution in [0.1, 0.15) is 42.5 Å². The van der Waals surface area contributed by atoms with Crippen molar-refractivity contribution in [3.8, 4) is 10.4 Å². The van der Waals surface area contributed by atoms with E-state index in [9.17, 15) is 9.59 Å². The van der Waals surface area contributed by atoms with Crippen molar-refractivity contribution in [2.24, 2.45) is 23.2 Å². The van der Waals surface area contributed by atoms with Gasteiger partial charge in [-0.3, -0.25) is 9.59 Å². The first-order chi connectivity index (χ1) is 15.1. The first-order valence-electron chi connectivity index (χ1n) is 11.5. The minimum Gasteiger partial charge on any atom is -0.378 e. The molecule has 1 aromatic carbocycles. The van der Waals surface area contributed by atoms with Gasteiger partial charge in [-0.15, -0.1) is 11.3 Å². The number of hydrogen-bond donors (Lipinski definition) is 1. The molecule has 2 amide bonds. The molecule has 4 saturated carbocycles. The molecule has 5 nitrogen and oxygen atoms in total. The smallest absolute Gasteiger partial charge is 0.257 e. The molecular weight excluding hydrogens is 408 g/mol. The average molecular weight is 437 g/mol. The number of ether oxygens (including phenoxy) is 1. The highest BCUT2D eigenvalue weighted by atomic mass is 32.1. The molecular formula is C25H28N2O3S. The largest absolute Gasteiger partial charge is 0.378 e. The first kappa shape index (κ1) is 19.5. The third-order valence-corrected chi connectivity index (χ3v) is 9.09. The van der Waals surface area contributed by atoms with Gasteiger partial charge in [-0.05, 0) is 61.5 Å². The second-order valence-corrected chi connectivity index (χ2v) is 10.8. The highest BCUT2D eigenvalue weighted by Crippen LogP contribution is 2.65. The third kappa shape index (κ3) is 3.23. The molecule has 0 spiro atoms. The molecule has 1 N–H and O–H groups in total. The van der Waals surface area contributed by atoms with E-state index >= 15 is 0 Å². The van der Waals surface area contributed by atoms with Crippen molar-refractivity contribution in [3.63, 3.8) is 0 Å². The molecule has 7 rings (SSSR count). The van der Waals surface area contributed by atoms with Gasteiger partial charge in [0.2, 0.25) is 5.91 Å². The van der Waals surface area contributed by atoms with Crippen LogP contribution in [0.15, 0.2) is 36.4 Å². The quantitative estimate of drug-likeness (QED) is 0.759. The number of hydrogen-bond acceptors (Lipinski definition) is 4. The van der Waals surface area contributed by atoms with Crippen molar-refractivity contribution in [2.45, 2.75) is 32.1 Å². The molecule has 162 valence electrons. The minimum absolute atomic E-state index is 0.00762. The fraction of sp³-hybridized carbons (Fsp3) is 0.520. The van der Waals surface area contributed by atoms with E-state index in [0.29, 0.717) is 42.8 Å². The van der Waals surface area contributed by atoms with Crippen LogP contribution >= 0.6 is 11.3 Å². The summed E-state index contributed by atoms with van der Waals surface area (Å²) in [6.45, 7) is 2.32. The van der Waals surface area contributed by atoms with Crippen LogP contribution in [0.4, 0.5) is 5.00 Å². The van der Waals surface area contributed by atoms with E-state index in [1.54, 1.807) is 0 Å². The molecule has 31 heavy (non-hydrogen) atoms. The third-order valence-electron chi connectivity index (χ3n) is 7.99. The molecule has 2 unspecified atom stereocenters. The summed E-state index contributed by atoms with van der Waals surface area (Å²) in [5.74, 6) is 2.12. The number of anilines is 1. The maximum absolute atomic E-state index is 13.6. The van der Waals surface area contributed by atoms with Gasteiger partial charge < -0.3 is 15.0 Å². The summed E-state index contributed by atoms with van der Waals surface area (Å²) in [7, 11) is 0. The Morgan fingerprint density at radius 3 is 2.45 bits per heavy atom. The fourth-order valence-corrected chi connectivity index (χ4v) is 7.77. The molecule has 2 atom stereocenters. The van der Waals surface area contributed by atoms with Crippen LogP contribution < -0.4 is 5.32 Å². The van der Waals surface area contributed by atoms with Gasteiger partial charge in [0.15, 0.2) is 0 Å². The fourth-order valence-electron chi connectivity index (χ4n) is 6.72. The number of thiophene rings is 1. The summed E-state index contributed by atoms with van der Waals surface area (Å²) in [5, 5.41) is 3.98. The van der Waals surface area contributed by atoms with E-state index in [4.69, 9.17) is 4.74 Å². The van der Waals surface area contributed by atoms with Crippen molar-refractivity contribution in [1.82, 2.24) is 4.90 Å². The Balaban J connectivity index is 1.33. The molecule has 1 saturated heterocycles. The highest BCUT2D eigenvalue weighted by molar-refractivity contribution is 7.20. The molecule has 5 fully saturated rings. The second-order valence-electron chi connectivity index (χ2n) is 9.78. The molecule has 2 aromatic rings. The van der Waals surface area contributed by atoms with Gasteiger partial charge in [-0.1, -0.05) is 30.3 Å². The van der Waals surface area contributed by atoms with Gasteiger partial charge in [0.25, 0.3) is 5.91 Å². The molecule has 0 radical (unpaired) electrons. The lowest BCUT2D eigenvalue weighted by molar-refractivity contribution is -0.127. The Bertz CT molecular complexity index is 997. The van der Waals surface area contributed by atoms with Crippen LogP contribution in [0.3, 0.4) is 0 Å². The molecule has 6 heteroatoms. The second kappa shape index (κ2) is 7.45. The average Bonchev–Trinajstić information content (AvgIpc) is 3.41.